The summed E-state index contributed by atoms with van der Waals surface area (Å²) < 4.78 is 9.93. The number of amides is 1. The van der Waals surface area contributed by atoms with E-state index in [1.807, 2.05) is 19.1 Å². The number of hydrogen-bond donors (Lipinski definition) is 1. The minimum atomic E-state index is -1.12. The molecule has 1 rings (SSSR count). The Labute approximate surface area is 128 Å². The molecule has 1 N–H and O–H groups in total. The number of nitrogens with zero attached hydrogens (tertiary/aromatic N) is 1. The Hall–Kier alpha value is -2.57. The van der Waals surface area contributed by atoms with Crippen molar-refractivity contribution < 1.29 is 29.0 Å². The molecule has 0 aromatic heterocycles. The number of carbonyl (C=O) groups excluding carboxylic acids is 2. The van der Waals surface area contributed by atoms with Crippen molar-refractivity contribution in [2.45, 2.75) is 13.3 Å². The highest BCUT2D eigenvalue weighted by Gasteiger charge is 2.13. The fourth-order valence-electron chi connectivity index (χ4n) is 1.64. The van der Waals surface area contributed by atoms with Crippen LogP contribution in [0.1, 0.15) is 22.3 Å². The number of aliphatic carboxylic acids is 1. The van der Waals surface area contributed by atoms with Gasteiger partial charge >= 0.3 is 18.0 Å². The van der Waals surface area contributed by atoms with Gasteiger partial charge in [-0.1, -0.05) is 18.2 Å². The molecule has 0 bridgehead atoms. The number of carboxylic acid groups (broad SMARTS) is 1. The summed E-state index contributed by atoms with van der Waals surface area (Å²) in [4.78, 5) is 34.5. The highest BCUT2D eigenvalue weighted by atomic mass is 16.6. The maximum atomic E-state index is 11.8. The molecule has 0 aliphatic rings. The van der Waals surface area contributed by atoms with Crippen LogP contribution in [-0.4, -0.2) is 54.8 Å². The lowest BCUT2D eigenvalue weighted by atomic mass is 10.1. The van der Waals surface area contributed by atoms with E-state index in [1.54, 1.807) is 12.1 Å². The molecule has 0 unspecified atom stereocenters. The Balaban J connectivity index is 2.23. The third-order valence-electron chi connectivity index (χ3n) is 2.80. The fraction of sp³-hybridized carbons (Fsp3) is 0.400. The quantitative estimate of drug-likeness (QED) is 0.608. The van der Waals surface area contributed by atoms with Crippen molar-refractivity contribution in [3.63, 3.8) is 0 Å². The molecule has 0 aliphatic heterocycles. The van der Waals surface area contributed by atoms with Crippen LogP contribution in [0.5, 0.6) is 0 Å². The summed E-state index contributed by atoms with van der Waals surface area (Å²) in [6.07, 6.45) is -0.391. The molecule has 22 heavy (non-hydrogen) atoms. The molecular formula is C15H19NO6. The lowest BCUT2D eigenvalue weighted by molar-refractivity contribution is -0.137. The average molecular weight is 309 g/mol. The monoisotopic (exact) mass is 309 g/mol. The largest absolute Gasteiger partial charge is 0.480 e. The van der Waals surface area contributed by atoms with Crippen LogP contribution in [0, 0.1) is 6.92 Å². The van der Waals surface area contributed by atoms with Gasteiger partial charge in [0.25, 0.3) is 0 Å². The zero-order chi connectivity index (χ0) is 16.5. The van der Waals surface area contributed by atoms with Gasteiger partial charge in [0.15, 0.2) is 0 Å². The van der Waals surface area contributed by atoms with Gasteiger partial charge in [-0.15, -0.1) is 0 Å². The first-order valence-electron chi connectivity index (χ1n) is 6.74. The van der Waals surface area contributed by atoms with Gasteiger partial charge in [-0.05, 0) is 18.6 Å². The maximum absolute atomic E-state index is 11.8. The fourth-order valence-corrected chi connectivity index (χ4v) is 1.64. The lowest BCUT2D eigenvalue weighted by Gasteiger charge is -2.14. The number of esters is 1. The molecule has 1 amide bonds. The standard InChI is InChI=1S/C15H19NO6/c1-11-6-3-4-7-12(11)14(19)21-8-5-9-22-15(20)16(2)10-13(17)18/h3-4,6-7H,5,8-10H2,1-2H3,(H,17,18). The van der Waals surface area contributed by atoms with Crippen molar-refractivity contribution in [3.8, 4) is 0 Å². The van der Waals surface area contributed by atoms with Gasteiger partial charge in [0.2, 0.25) is 0 Å². The second-order valence-corrected chi connectivity index (χ2v) is 4.67. The first-order valence-corrected chi connectivity index (χ1v) is 6.74. The van der Waals surface area contributed by atoms with Crippen LogP contribution in [-0.2, 0) is 14.3 Å². The Morgan fingerprint density at radius 2 is 1.77 bits per heavy atom. The lowest BCUT2D eigenvalue weighted by Crippen LogP contribution is -2.32. The Kier molecular flexibility index (Phi) is 6.88. The summed E-state index contributed by atoms with van der Waals surface area (Å²) in [6.45, 7) is 1.55. The summed E-state index contributed by atoms with van der Waals surface area (Å²) in [5, 5.41) is 8.53. The summed E-state index contributed by atoms with van der Waals surface area (Å²) >= 11 is 0. The zero-order valence-electron chi connectivity index (χ0n) is 12.6. The Morgan fingerprint density at radius 3 is 2.41 bits per heavy atom. The van der Waals surface area contributed by atoms with E-state index in [1.165, 1.54) is 7.05 Å². The van der Waals surface area contributed by atoms with Crippen LogP contribution >= 0.6 is 0 Å². The van der Waals surface area contributed by atoms with E-state index in [2.05, 4.69) is 0 Å². The van der Waals surface area contributed by atoms with Crippen molar-refractivity contribution in [2.75, 3.05) is 26.8 Å². The van der Waals surface area contributed by atoms with Crippen LogP contribution in [0.15, 0.2) is 24.3 Å². The number of ether oxygens (including phenoxy) is 2. The molecule has 120 valence electrons. The average Bonchev–Trinajstić information content (AvgIpc) is 2.46. The van der Waals surface area contributed by atoms with Gasteiger partial charge in [0, 0.05) is 13.5 Å². The van der Waals surface area contributed by atoms with E-state index in [0.29, 0.717) is 12.0 Å². The molecule has 0 saturated carbocycles. The molecule has 0 aliphatic carbocycles. The summed E-state index contributed by atoms with van der Waals surface area (Å²) in [5.41, 5.74) is 1.33. The van der Waals surface area contributed by atoms with Crippen LogP contribution < -0.4 is 0 Å². The number of aryl methyl sites for hydroxylation is 1. The van der Waals surface area contributed by atoms with Gasteiger partial charge in [-0.2, -0.15) is 0 Å². The molecule has 0 heterocycles. The van der Waals surface area contributed by atoms with Crippen LogP contribution in [0.4, 0.5) is 4.79 Å². The Morgan fingerprint density at radius 1 is 1.14 bits per heavy atom. The van der Waals surface area contributed by atoms with Crippen LogP contribution in [0.25, 0.3) is 0 Å². The number of likely N-dealkylation sites (N-methyl/N-ethyl adjacent to an activating group) is 1. The van der Waals surface area contributed by atoms with E-state index in [0.717, 1.165) is 10.5 Å². The molecule has 0 saturated heterocycles. The first kappa shape index (κ1) is 17.5. The third kappa shape index (κ3) is 5.82. The number of rotatable bonds is 7. The van der Waals surface area contributed by atoms with E-state index < -0.39 is 24.6 Å². The maximum Gasteiger partial charge on any atom is 0.410 e. The minimum Gasteiger partial charge on any atom is -0.480 e. The number of hydrogen-bond acceptors (Lipinski definition) is 5. The number of benzene rings is 1. The van der Waals surface area contributed by atoms with Crippen LogP contribution in [0.2, 0.25) is 0 Å². The second-order valence-electron chi connectivity index (χ2n) is 4.67. The topological polar surface area (TPSA) is 93.1 Å². The zero-order valence-corrected chi connectivity index (χ0v) is 12.6. The smallest absolute Gasteiger partial charge is 0.410 e. The summed E-state index contributed by atoms with van der Waals surface area (Å²) in [5.74, 6) is -1.54. The molecular weight excluding hydrogens is 290 g/mol. The van der Waals surface area contributed by atoms with Gasteiger partial charge < -0.3 is 19.5 Å². The van der Waals surface area contributed by atoms with Crippen molar-refractivity contribution >= 4 is 18.0 Å². The second kappa shape index (κ2) is 8.66. The van der Waals surface area contributed by atoms with Crippen molar-refractivity contribution in [2.24, 2.45) is 0 Å². The molecule has 0 radical (unpaired) electrons. The highest BCUT2D eigenvalue weighted by molar-refractivity contribution is 5.90. The van der Waals surface area contributed by atoms with E-state index >= 15 is 0 Å². The van der Waals surface area contributed by atoms with E-state index in [-0.39, 0.29) is 13.2 Å². The molecule has 7 nitrogen and oxygen atoms in total. The van der Waals surface area contributed by atoms with E-state index in [4.69, 9.17) is 14.6 Å². The minimum absolute atomic E-state index is 0.0455. The Bertz CT molecular complexity index is 543. The van der Waals surface area contributed by atoms with Gasteiger partial charge in [0.05, 0.1) is 18.8 Å². The number of carbonyl (C=O) groups is 3. The molecule has 7 heteroatoms. The molecule has 0 atom stereocenters. The van der Waals surface area contributed by atoms with Crippen molar-refractivity contribution in [1.29, 1.82) is 0 Å². The predicted molar refractivity (Wildman–Crippen MR) is 77.7 cm³/mol. The van der Waals surface area contributed by atoms with Crippen molar-refractivity contribution in [1.82, 2.24) is 4.90 Å². The molecule has 0 fully saturated rings. The van der Waals surface area contributed by atoms with Gasteiger partial charge in [0.1, 0.15) is 6.54 Å². The van der Waals surface area contributed by atoms with Crippen molar-refractivity contribution in [3.05, 3.63) is 35.4 Å². The number of carboxylic acids is 1. The summed E-state index contributed by atoms with van der Waals surface area (Å²) in [6, 6.07) is 7.08. The van der Waals surface area contributed by atoms with Gasteiger partial charge in [-0.25, -0.2) is 9.59 Å². The van der Waals surface area contributed by atoms with E-state index in [9.17, 15) is 14.4 Å². The normalized spacial score (nSPS) is 9.91. The summed E-state index contributed by atoms with van der Waals surface area (Å²) in [7, 11) is 1.33. The first-order chi connectivity index (χ1) is 10.4. The van der Waals surface area contributed by atoms with Crippen LogP contribution in [0.3, 0.4) is 0 Å². The predicted octanol–water partition coefficient (Wildman–Crippen LogP) is 1.69. The third-order valence-corrected chi connectivity index (χ3v) is 2.80. The SMILES string of the molecule is Cc1ccccc1C(=O)OCCCOC(=O)N(C)CC(=O)O. The molecule has 1 aromatic rings. The highest BCUT2D eigenvalue weighted by Crippen LogP contribution is 2.08. The molecule has 0 spiro atoms. The molecule has 1 aromatic carbocycles. The van der Waals surface area contributed by atoms with Gasteiger partial charge in [-0.3, -0.25) is 4.79 Å².